The minimum Gasteiger partial charge on any atom is -0.497 e. The zero-order chi connectivity index (χ0) is 23.4. The molecule has 0 aliphatic carbocycles. The van der Waals surface area contributed by atoms with E-state index in [0.717, 1.165) is 0 Å². The minimum atomic E-state index is -3.79. The summed E-state index contributed by atoms with van der Waals surface area (Å²) in [6, 6.07) is 11.9. The van der Waals surface area contributed by atoms with Crippen LogP contribution in [0.4, 0.5) is 0 Å². The van der Waals surface area contributed by atoms with Crippen molar-refractivity contribution < 1.29 is 26.3 Å². The van der Waals surface area contributed by atoms with E-state index in [1.807, 2.05) is 0 Å². The molecule has 1 heterocycles. The number of benzene rings is 2. The van der Waals surface area contributed by atoms with Gasteiger partial charge in [0.15, 0.2) is 0 Å². The van der Waals surface area contributed by atoms with Crippen LogP contribution in [-0.2, 0) is 24.8 Å². The van der Waals surface area contributed by atoms with Crippen LogP contribution in [0.15, 0.2) is 58.3 Å². The Balaban J connectivity index is 1.77. The number of hydrogen-bond donors (Lipinski definition) is 0. The predicted molar refractivity (Wildman–Crippen MR) is 122 cm³/mol. The van der Waals surface area contributed by atoms with E-state index in [1.165, 1.54) is 59.2 Å². The van der Waals surface area contributed by atoms with Crippen molar-refractivity contribution in [3.05, 3.63) is 53.6 Å². The number of methoxy groups -OCH3 is 2. The zero-order valence-corrected chi connectivity index (χ0v) is 20.4. The van der Waals surface area contributed by atoms with E-state index in [2.05, 4.69) is 0 Å². The maximum Gasteiger partial charge on any atom is 0.243 e. The second-order valence-corrected chi connectivity index (χ2v) is 11.6. The molecule has 2 aromatic rings. The van der Waals surface area contributed by atoms with Gasteiger partial charge in [-0.3, -0.25) is 0 Å². The van der Waals surface area contributed by atoms with Crippen LogP contribution in [0.25, 0.3) is 0 Å². The fourth-order valence-corrected chi connectivity index (χ4v) is 6.95. The number of halogens is 1. The van der Waals surface area contributed by atoms with Gasteiger partial charge in [0, 0.05) is 37.8 Å². The van der Waals surface area contributed by atoms with Crippen LogP contribution in [-0.4, -0.2) is 71.9 Å². The Labute approximate surface area is 194 Å². The summed E-state index contributed by atoms with van der Waals surface area (Å²) in [4.78, 5) is 0.327. The van der Waals surface area contributed by atoms with E-state index in [9.17, 15) is 16.8 Å². The second kappa shape index (κ2) is 10.5. The largest absolute Gasteiger partial charge is 0.497 e. The monoisotopic (exact) mass is 502 g/mol. The Kier molecular flexibility index (Phi) is 8.18. The number of rotatable bonds is 9. The molecule has 176 valence electrons. The molecule has 0 amide bonds. The predicted octanol–water partition coefficient (Wildman–Crippen LogP) is 2.84. The first-order chi connectivity index (χ1) is 15.2. The van der Waals surface area contributed by atoms with E-state index in [4.69, 9.17) is 21.1 Å². The molecule has 2 aromatic carbocycles. The number of nitrogens with zero attached hydrogens (tertiary/aromatic N) is 2. The zero-order valence-electron chi connectivity index (χ0n) is 18.0. The molecule has 0 bridgehead atoms. The van der Waals surface area contributed by atoms with E-state index in [0.29, 0.717) is 23.6 Å². The Morgan fingerprint density at radius 2 is 1.50 bits per heavy atom. The van der Waals surface area contributed by atoms with Crippen LogP contribution < -0.4 is 4.74 Å². The summed E-state index contributed by atoms with van der Waals surface area (Å²) >= 11 is 5.90. The minimum absolute atomic E-state index is 0.145. The van der Waals surface area contributed by atoms with Gasteiger partial charge >= 0.3 is 0 Å². The van der Waals surface area contributed by atoms with Gasteiger partial charge in [0.05, 0.1) is 23.5 Å². The summed E-state index contributed by atoms with van der Waals surface area (Å²) in [7, 11) is -4.44. The Hall–Kier alpha value is -1.69. The van der Waals surface area contributed by atoms with Crippen LogP contribution in [0, 0.1) is 0 Å². The van der Waals surface area contributed by atoms with Gasteiger partial charge in [-0.2, -0.15) is 8.61 Å². The highest BCUT2D eigenvalue weighted by Crippen LogP contribution is 2.28. The number of ether oxygens (including phenoxy) is 2. The van der Waals surface area contributed by atoms with Gasteiger partial charge in [0.1, 0.15) is 5.75 Å². The van der Waals surface area contributed by atoms with E-state index >= 15 is 0 Å². The summed E-state index contributed by atoms with van der Waals surface area (Å²) in [5.74, 6) is 0.573. The molecule has 1 aliphatic rings. The third-order valence-electron chi connectivity index (χ3n) is 5.46. The van der Waals surface area contributed by atoms with Gasteiger partial charge in [-0.05, 0) is 61.4 Å². The molecule has 0 saturated carbocycles. The van der Waals surface area contributed by atoms with E-state index in [1.54, 1.807) is 12.1 Å². The summed E-state index contributed by atoms with van der Waals surface area (Å²) in [5, 5.41) is 0.449. The van der Waals surface area contributed by atoms with Crippen LogP contribution in [0.2, 0.25) is 5.02 Å². The highest BCUT2D eigenvalue weighted by atomic mass is 35.5. The molecule has 3 rings (SSSR count). The number of sulfonamides is 2. The molecule has 0 N–H and O–H groups in total. The van der Waals surface area contributed by atoms with Crippen molar-refractivity contribution in [2.24, 2.45) is 0 Å². The third-order valence-corrected chi connectivity index (χ3v) is 9.59. The van der Waals surface area contributed by atoms with Crippen molar-refractivity contribution >= 4 is 31.6 Å². The average Bonchev–Trinajstić information content (AvgIpc) is 2.80. The Morgan fingerprint density at radius 1 is 0.938 bits per heavy atom. The van der Waals surface area contributed by atoms with Gasteiger partial charge in [0.25, 0.3) is 0 Å². The van der Waals surface area contributed by atoms with Crippen molar-refractivity contribution in [3.8, 4) is 5.75 Å². The first-order valence-corrected chi connectivity index (χ1v) is 13.4. The lowest BCUT2D eigenvalue weighted by Crippen LogP contribution is -2.49. The van der Waals surface area contributed by atoms with Crippen LogP contribution in [0.3, 0.4) is 0 Å². The van der Waals surface area contributed by atoms with Crippen molar-refractivity contribution in [3.63, 3.8) is 0 Å². The molecule has 0 atom stereocenters. The summed E-state index contributed by atoms with van der Waals surface area (Å²) in [5.41, 5.74) is 0. The third kappa shape index (κ3) is 5.44. The lowest BCUT2D eigenvalue weighted by molar-refractivity contribution is 0.148. The molecule has 1 saturated heterocycles. The van der Waals surface area contributed by atoms with Gasteiger partial charge < -0.3 is 9.47 Å². The first kappa shape index (κ1) is 24.9. The van der Waals surface area contributed by atoms with Crippen LogP contribution in [0.5, 0.6) is 5.75 Å². The lowest BCUT2D eigenvalue weighted by Gasteiger charge is -2.37. The first-order valence-electron chi connectivity index (χ1n) is 10.1. The molecule has 8 nitrogen and oxygen atoms in total. The van der Waals surface area contributed by atoms with Gasteiger partial charge in [0.2, 0.25) is 20.0 Å². The lowest BCUT2D eigenvalue weighted by atomic mass is 10.1. The van der Waals surface area contributed by atoms with Crippen molar-refractivity contribution in [1.29, 1.82) is 0 Å². The smallest absolute Gasteiger partial charge is 0.243 e. The van der Waals surface area contributed by atoms with Crippen LogP contribution in [0.1, 0.15) is 12.8 Å². The van der Waals surface area contributed by atoms with E-state index < -0.39 is 20.0 Å². The standard InChI is InChI=1S/C21H27ClN2O6S2/c1-29-16-15-24(32(27,28)21-7-3-17(22)4-8-21)18-11-13-23(14-12-18)31(25,26)20-9-5-19(30-2)6-10-20/h3-10,18H,11-16H2,1-2H3. The molecule has 0 radical (unpaired) electrons. The average molecular weight is 503 g/mol. The molecule has 32 heavy (non-hydrogen) atoms. The quantitative estimate of drug-likeness (QED) is 0.523. The molecule has 11 heteroatoms. The van der Waals surface area contributed by atoms with Gasteiger partial charge in [-0.1, -0.05) is 11.6 Å². The number of piperidine rings is 1. The summed E-state index contributed by atoms with van der Waals surface area (Å²) in [6.07, 6.45) is 0.762. The SMILES string of the molecule is COCCN(C1CCN(S(=O)(=O)c2ccc(OC)cc2)CC1)S(=O)(=O)c1ccc(Cl)cc1. The second-order valence-electron chi connectivity index (χ2n) is 7.37. The fraction of sp³-hybridized carbons (Fsp3) is 0.429. The van der Waals surface area contributed by atoms with Crippen molar-refractivity contribution in [2.45, 2.75) is 28.7 Å². The van der Waals surface area contributed by atoms with Crippen molar-refractivity contribution in [2.75, 3.05) is 40.5 Å². The Morgan fingerprint density at radius 3 is 2.03 bits per heavy atom. The van der Waals surface area contributed by atoms with Crippen LogP contribution >= 0.6 is 11.6 Å². The highest BCUT2D eigenvalue weighted by molar-refractivity contribution is 7.89. The molecular formula is C21H27ClN2O6S2. The number of hydrogen-bond acceptors (Lipinski definition) is 6. The Bertz CT molecular complexity index is 1100. The van der Waals surface area contributed by atoms with E-state index in [-0.39, 0.29) is 42.1 Å². The fourth-order valence-electron chi connectivity index (χ4n) is 3.69. The highest BCUT2D eigenvalue weighted by Gasteiger charge is 2.36. The van der Waals surface area contributed by atoms with Crippen molar-refractivity contribution in [1.82, 2.24) is 8.61 Å². The molecule has 1 aliphatic heterocycles. The molecule has 0 aromatic heterocycles. The molecule has 0 unspecified atom stereocenters. The van der Waals surface area contributed by atoms with Gasteiger partial charge in [-0.25, -0.2) is 16.8 Å². The maximum atomic E-state index is 13.3. The molecular weight excluding hydrogens is 476 g/mol. The summed E-state index contributed by atoms with van der Waals surface area (Å²) in [6.45, 7) is 0.853. The maximum absolute atomic E-state index is 13.3. The molecule has 1 fully saturated rings. The topological polar surface area (TPSA) is 93.2 Å². The van der Waals surface area contributed by atoms with Gasteiger partial charge in [-0.15, -0.1) is 0 Å². The molecule has 0 spiro atoms. The summed E-state index contributed by atoms with van der Waals surface area (Å²) < 4.78 is 65.6. The normalized spacial score (nSPS) is 16.4.